The molecule has 1 aliphatic heterocycles. The van der Waals surface area contributed by atoms with Crippen molar-refractivity contribution in [3.8, 4) is 0 Å². The van der Waals surface area contributed by atoms with E-state index in [9.17, 15) is 9.59 Å². The first-order valence-electron chi connectivity index (χ1n) is 8.79. The summed E-state index contributed by atoms with van der Waals surface area (Å²) < 4.78 is 5.29. The van der Waals surface area contributed by atoms with Crippen LogP contribution in [0, 0.1) is 12.8 Å². The van der Waals surface area contributed by atoms with Gasteiger partial charge >= 0.3 is 0 Å². The summed E-state index contributed by atoms with van der Waals surface area (Å²) in [4.78, 5) is 26.0. The van der Waals surface area contributed by atoms with Gasteiger partial charge < -0.3 is 15.0 Å². The minimum absolute atomic E-state index is 0.0113. The standard InChI is InChI=1S/C19H28N2O3/c1-3-24-12-4-11-21-14-17(13-18(21)22)19(23)20-10-9-16-7-5-15(2)6-8-16/h5-8,17H,3-4,9-14H2,1-2H3,(H,20,23)/t17-/m0/s1. The first-order chi connectivity index (χ1) is 11.6. The molecule has 1 atom stereocenters. The molecule has 0 bridgehead atoms. The van der Waals surface area contributed by atoms with Crippen LogP contribution in [-0.2, 0) is 20.7 Å². The number of carbonyl (C=O) groups is 2. The number of carbonyl (C=O) groups excluding carboxylic acids is 2. The summed E-state index contributed by atoms with van der Waals surface area (Å²) in [5, 5.41) is 2.96. The molecule has 5 heteroatoms. The molecule has 1 aromatic carbocycles. The van der Waals surface area contributed by atoms with Crippen molar-refractivity contribution in [1.29, 1.82) is 0 Å². The van der Waals surface area contributed by atoms with Crippen LogP contribution in [0.3, 0.4) is 0 Å². The number of ether oxygens (including phenoxy) is 1. The molecule has 1 heterocycles. The lowest BCUT2D eigenvalue weighted by molar-refractivity contribution is -0.129. The molecule has 2 amide bonds. The van der Waals surface area contributed by atoms with E-state index >= 15 is 0 Å². The van der Waals surface area contributed by atoms with Crippen LogP contribution in [0.1, 0.15) is 30.9 Å². The molecule has 0 aromatic heterocycles. The Morgan fingerprint density at radius 1 is 1.33 bits per heavy atom. The van der Waals surface area contributed by atoms with Crippen molar-refractivity contribution in [2.24, 2.45) is 5.92 Å². The zero-order chi connectivity index (χ0) is 17.4. The first-order valence-corrected chi connectivity index (χ1v) is 8.79. The summed E-state index contributed by atoms with van der Waals surface area (Å²) in [7, 11) is 0. The van der Waals surface area contributed by atoms with E-state index in [1.54, 1.807) is 4.90 Å². The normalized spacial score (nSPS) is 17.3. The Kier molecular flexibility index (Phi) is 7.25. The van der Waals surface area contributed by atoms with Crippen LogP contribution >= 0.6 is 0 Å². The number of aryl methyl sites for hydroxylation is 1. The monoisotopic (exact) mass is 332 g/mol. The molecule has 0 unspecified atom stereocenters. The largest absolute Gasteiger partial charge is 0.382 e. The molecule has 0 aliphatic carbocycles. The Morgan fingerprint density at radius 2 is 2.08 bits per heavy atom. The highest BCUT2D eigenvalue weighted by Gasteiger charge is 2.33. The predicted octanol–water partition coefficient (Wildman–Crippen LogP) is 1.93. The third kappa shape index (κ3) is 5.64. The topological polar surface area (TPSA) is 58.6 Å². The second-order valence-corrected chi connectivity index (χ2v) is 6.32. The van der Waals surface area contributed by atoms with Crippen LogP contribution < -0.4 is 5.32 Å². The molecule has 24 heavy (non-hydrogen) atoms. The van der Waals surface area contributed by atoms with Gasteiger partial charge in [0, 0.05) is 39.3 Å². The van der Waals surface area contributed by atoms with Gasteiger partial charge in [0.2, 0.25) is 11.8 Å². The lowest BCUT2D eigenvalue weighted by atomic mass is 10.1. The van der Waals surface area contributed by atoms with Crippen LogP contribution in [0.5, 0.6) is 0 Å². The average Bonchev–Trinajstić information content (AvgIpc) is 2.94. The lowest BCUT2D eigenvalue weighted by Crippen LogP contribution is -2.34. The Morgan fingerprint density at radius 3 is 2.79 bits per heavy atom. The number of rotatable bonds is 9. The van der Waals surface area contributed by atoms with Crippen molar-refractivity contribution < 1.29 is 14.3 Å². The van der Waals surface area contributed by atoms with E-state index in [2.05, 4.69) is 36.5 Å². The van der Waals surface area contributed by atoms with E-state index in [0.29, 0.717) is 39.3 Å². The molecule has 1 fully saturated rings. The van der Waals surface area contributed by atoms with E-state index in [0.717, 1.165) is 12.8 Å². The summed E-state index contributed by atoms with van der Waals surface area (Å²) in [5.74, 6) is -0.157. The Labute approximate surface area is 144 Å². The lowest BCUT2D eigenvalue weighted by Gasteiger charge is -2.16. The Balaban J connectivity index is 1.69. The molecule has 1 N–H and O–H groups in total. The van der Waals surface area contributed by atoms with Gasteiger partial charge in [-0.25, -0.2) is 0 Å². The minimum atomic E-state index is -0.220. The number of hydrogen-bond acceptors (Lipinski definition) is 3. The molecule has 2 rings (SSSR count). The quantitative estimate of drug-likeness (QED) is 0.703. The van der Waals surface area contributed by atoms with Crippen molar-refractivity contribution in [3.63, 3.8) is 0 Å². The molecule has 0 spiro atoms. The van der Waals surface area contributed by atoms with E-state index in [1.165, 1.54) is 11.1 Å². The number of hydrogen-bond donors (Lipinski definition) is 1. The van der Waals surface area contributed by atoms with Crippen molar-refractivity contribution >= 4 is 11.8 Å². The van der Waals surface area contributed by atoms with Crippen LogP contribution in [0.2, 0.25) is 0 Å². The SMILES string of the molecule is CCOCCCN1C[C@@H](C(=O)NCCc2ccc(C)cc2)CC1=O. The first kappa shape index (κ1) is 18.5. The Hall–Kier alpha value is -1.88. The number of nitrogens with one attached hydrogen (secondary N) is 1. The van der Waals surface area contributed by atoms with E-state index in [1.807, 2.05) is 6.92 Å². The van der Waals surface area contributed by atoms with Crippen molar-refractivity contribution in [1.82, 2.24) is 10.2 Å². The van der Waals surface area contributed by atoms with Gasteiger partial charge in [-0.1, -0.05) is 29.8 Å². The third-order valence-electron chi connectivity index (χ3n) is 4.34. The molecule has 1 saturated heterocycles. The zero-order valence-corrected chi connectivity index (χ0v) is 14.7. The number of benzene rings is 1. The van der Waals surface area contributed by atoms with Gasteiger partial charge in [-0.15, -0.1) is 0 Å². The molecule has 132 valence electrons. The number of amides is 2. The second-order valence-electron chi connectivity index (χ2n) is 6.32. The highest BCUT2D eigenvalue weighted by atomic mass is 16.5. The van der Waals surface area contributed by atoms with Gasteiger partial charge in [-0.2, -0.15) is 0 Å². The highest BCUT2D eigenvalue weighted by Crippen LogP contribution is 2.18. The van der Waals surface area contributed by atoms with Gasteiger partial charge in [-0.05, 0) is 32.3 Å². The van der Waals surface area contributed by atoms with Gasteiger partial charge in [0.25, 0.3) is 0 Å². The number of nitrogens with zero attached hydrogens (tertiary/aromatic N) is 1. The van der Waals surface area contributed by atoms with Gasteiger partial charge in [0.1, 0.15) is 0 Å². The van der Waals surface area contributed by atoms with Gasteiger partial charge in [0.05, 0.1) is 5.92 Å². The minimum Gasteiger partial charge on any atom is -0.382 e. The molecule has 0 radical (unpaired) electrons. The van der Waals surface area contributed by atoms with E-state index < -0.39 is 0 Å². The molecule has 1 aliphatic rings. The maximum absolute atomic E-state index is 12.2. The maximum atomic E-state index is 12.2. The Bertz CT molecular complexity index is 542. The average molecular weight is 332 g/mol. The van der Waals surface area contributed by atoms with Crippen LogP contribution in [-0.4, -0.2) is 49.6 Å². The van der Waals surface area contributed by atoms with E-state index in [4.69, 9.17) is 4.74 Å². The van der Waals surface area contributed by atoms with Crippen molar-refractivity contribution in [2.45, 2.75) is 33.1 Å². The fraction of sp³-hybridized carbons (Fsp3) is 0.579. The molecular formula is C19H28N2O3. The third-order valence-corrected chi connectivity index (χ3v) is 4.34. The van der Waals surface area contributed by atoms with E-state index in [-0.39, 0.29) is 17.7 Å². The highest BCUT2D eigenvalue weighted by molar-refractivity contribution is 5.89. The fourth-order valence-electron chi connectivity index (χ4n) is 2.89. The number of likely N-dealkylation sites (tertiary alicyclic amines) is 1. The summed E-state index contributed by atoms with van der Waals surface area (Å²) in [5.41, 5.74) is 2.44. The second kappa shape index (κ2) is 9.42. The zero-order valence-electron chi connectivity index (χ0n) is 14.7. The van der Waals surface area contributed by atoms with Crippen LogP contribution in [0.15, 0.2) is 24.3 Å². The molecule has 5 nitrogen and oxygen atoms in total. The van der Waals surface area contributed by atoms with Crippen molar-refractivity contribution in [3.05, 3.63) is 35.4 Å². The summed E-state index contributed by atoms with van der Waals surface area (Å²) >= 11 is 0. The predicted molar refractivity (Wildman–Crippen MR) is 93.7 cm³/mol. The maximum Gasteiger partial charge on any atom is 0.225 e. The molecule has 0 saturated carbocycles. The fourth-order valence-corrected chi connectivity index (χ4v) is 2.89. The van der Waals surface area contributed by atoms with Crippen molar-refractivity contribution in [2.75, 3.05) is 32.8 Å². The van der Waals surface area contributed by atoms with Gasteiger partial charge in [0.15, 0.2) is 0 Å². The molecule has 1 aromatic rings. The van der Waals surface area contributed by atoms with Crippen LogP contribution in [0.25, 0.3) is 0 Å². The summed E-state index contributed by atoms with van der Waals surface area (Å²) in [6, 6.07) is 8.32. The van der Waals surface area contributed by atoms with Crippen LogP contribution in [0.4, 0.5) is 0 Å². The van der Waals surface area contributed by atoms with Gasteiger partial charge in [-0.3, -0.25) is 9.59 Å². The summed E-state index contributed by atoms with van der Waals surface area (Å²) in [6.45, 7) is 7.18. The summed E-state index contributed by atoms with van der Waals surface area (Å²) in [6.07, 6.45) is 1.96. The molecular weight excluding hydrogens is 304 g/mol. The smallest absolute Gasteiger partial charge is 0.225 e.